The number of nitrogens with zero attached hydrogens (tertiary/aromatic N) is 2. The summed E-state index contributed by atoms with van der Waals surface area (Å²) in [5, 5.41) is 3.97. The van der Waals surface area contributed by atoms with E-state index >= 15 is 0 Å². The SMILES string of the molecule is CC(=NOCC(=O)OC(C)C(=O)N1CCC(Cc2ccccc2)CC1)c1ccc2c(c1)OCO2. The molecule has 1 atom stereocenters. The van der Waals surface area contributed by atoms with Crippen LogP contribution in [0.3, 0.4) is 0 Å². The quantitative estimate of drug-likeness (QED) is 0.336. The number of ether oxygens (including phenoxy) is 3. The zero-order valence-corrected chi connectivity index (χ0v) is 19.6. The van der Waals surface area contributed by atoms with E-state index in [1.165, 1.54) is 5.56 Å². The molecule has 0 aliphatic carbocycles. The number of carbonyl (C=O) groups is 2. The molecule has 0 radical (unpaired) electrons. The van der Waals surface area contributed by atoms with Crippen molar-refractivity contribution in [1.82, 2.24) is 4.90 Å². The summed E-state index contributed by atoms with van der Waals surface area (Å²) in [6.07, 6.45) is 2.05. The van der Waals surface area contributed by atoms with Gasteiger partial charge in [0.05, 0.1) is 5.71 Å². The second-order valence-corrected chi connectivity index (χ2v) is 8.61. The first-order valence-electron chi connectivity index (χ1n) is 11.6. The number of esters is 1. The van der Waals surface area contributed by atoms with Gasteiger partial charge in [0.15, 0.2) is 17.6 Å². The van der Waals surface area contributed by atoms with E-state index in [1.54, 1.807) is 30.9 Å². The van der Waals surface area contributed by atoms with E-state index in [9.17, 15) is 9.59 Å². The first-order chi connectivity index (χ1) is 16.5. The molecule has 0 aromatic heterocycles. The normalized spacial score (nSPS) is 16.8. The van der Waals surface area contributed by atoms with Crippen molar-refractivity contribution in [3.05, 3.63) is 59.7 Å². The van der Waals surface area contributed by atoms with E-state index in [2.05, 4.69) is 29.4 Å². The highest BCUT2D eigenvalue weighted by atomic mass is 16.7. The topological polar surface area (TPSA) is 86.7 Å². The van der Waals surface area contributed by atoms with Crippen LogP contribution in [0.1, 0.15) is 37.8 Å². The van der Waals surface area contributed by atoms with Crippen molar-refractivity contribution >= 4 is 17.6 Å². The molecule has 2 aromatic carbocycles. The van der Waals surface area contributed by atoms with Crippen molar-refractivity contribution in [3.8, 4) is 11.5 Å². The lowest BCUT2D eigenvalue weighted by Gasteiger charge is -2.33. The van der Waals surface area contributed by atoms with E-state index in [-0.39, 0.29) is 19.3 Å². The first kappa shape index (κ1) is 23.6. The molecule has 2 aliphatic rings. The summed E-state index contributed by atoms with van der Waals surface area (Å²) in [5.41, 5.74) is 2.69. The third kappa shape index (κ3) is 6.07. The highest BCUT2D eigenvalue weighted by Crippen LogP contribution is 2.32. The highest BCUT2D eigenvalue weighted by Gasteiger charge is 2.28. The second-order valence-electron chi connectivity index (χ2n) is 8.61. The molecule has 1 fully saturated rings. The minimum atomic E-state index is -0.860. The van der Waals surface area contributed by atoms with Crippen LogP contribution in [-0.2, 0) is 25.6 Å². The summed E-state index contributed by atoms with van der Waals surface area (Å²) in [6, 6.07) is 15.8. The lowest BCUT2D eigenvalue weighted by molar-refractivity contribution is -0.163. The van der Waals surface area contributed by atoms with Crippen molar-refractivity contribution in [1.29, 1.82) is 0 Å². The molecule has 8 nitrogen and oxygen atoms in total. The van der Waals surface area contributed by atoms with Gasteiger partial charge in [0.25, 0.3) is 5.91 Å². The Bertz CT molecular complexity index is 1030. The van der Waals surface area contributed by atoms with Crippen LogP contribution in [0.15, 0.2) is 53.7 Å². The summed E-state index contributed by atoms with van der Waals surface area (Å²) >= 11 is 0. The monoisotopic (exact) mass is 466 g/mol. The third-order valence-electron chi connectivity index (χ3n) is 6.12. The van der Waals surface area contributed by atoms with Gasteiger partial charge in [-0.3, -0.25) is 4.79 Å². The smallest absolute Gasteiger partial charge is 0.347 e. The Labute approximate surface area is 199 Å². The Kier molecular flexibility index (Phi) is 7.67. The number of likely N-dealkylation sites (tertiary alicyclic amines) is 1. The molecule has 0 N–H and O–H groups in total. The van der Waals surface area contributed by atoms with Gasteiger partial charge in [-0.2, -0.15) is 0 Å². The van der Waals surface area contributed by atoms with Gasteiger partial charge in [0.2, 0.25) is 13.4 Å². The maximum atomic E-state index is 12.7. The molecule has 4 rings (SSSR count). The van der Waals surface area contributed by atoms with Crippen LogP contribution in [0, 0.1) is 5.92 Å². The Morgan fingerprint density at radius 3 is 2.59 bits per heavy atom. The molecule has 2 heterocycles. The predicted molar refractivity (Wildman–Crippen MR) is 126 cm³/mol. The van der Waals surface area contributed by atoms with Crippen molar-refractivity contribution in [2.45, 2.75) is 39.2 Å². The van der Waals surface area contributed by atoms with Crippen molar-refractivity contribution < 1.29 is 28.6 Å². The maximum absolute atomic E-state index is 12.7. The van der Waals surface area contributed by atoms with Crippen LogP contribution in [0.5, 0.6) is 11.5 Å². The molecule has 34 heavy (non-hydrogen) atoms. The Hall–Kier alpha value is -3.55. The molecule has 2 aromatic rings. The molecule has 2 aliphatic heterocycles. The van der Waals surface area contributed by atoms with Crippen molar-refractivity contribution in [3.63, 3.8) is 0 Å². The highest BCUT2D eigenvalue weighted by molar-refractivity contribution is 5.99. The van der Waals surface area contributed by atoms with Gasteiger partial charge in [-0.05, 0) is 62.8 Å². The van der Waals surface area contributed by atoms with E-state index in [4.69, 9.17) is 19.0 Å². The van der Waals surface area contributed by atoms with E-state index in [1.807, 2.05) is 12.1 Å². The van der Waals surface area contributed by atoms with Gasteiger partial charge in [0, 0.05) is 18.7 Å². The average Bonchev–Trinajstić information content (AvgIpc) is 3.32. The number of hydrogen-bond acceptors (Lipinski definition) is 7. The zero-order valence-electron chi connectivity index (χ0n) is 19.6. The van der Waals surface area contributed by atoms with Gasteiger partial charge in [0.1, 0.15) is 0 Å². The number of carbonyl (C=O) groups excluding carboxylic acids is 2. The van der Waals surface area contributed by atoms with Crippen LogP contribution < -0.4 is 9.47 Å². The Morgan fingerprint density at radius 2 is 1.82 bits per heavy atom. The molecule has 1 amide bonds. The fourth-order valence-corrected chi connectivity index (χ4v) is 4.20. The van der Waals surface area contributed by atoms with Crippen LogP contribution in [0.4, 0.5) is 0 Å². The van der Waals surface area contributed by atoms with E-state index in [0.717, 1.165) is 24.8 Å². The number of hydrogen-bond donors (Lipinski definition) is 0. The Balaban J connectivity index is 1.18. The molecule has 0 spiro atoms. The summed E-state index contributed by atoms with van der Waals surface area (Å²) in [6.45, 7) is 4.52. The maximum Gasteiger partial charge on any atom is 0.347 e. The standard InChI is InChI=1S/C26H30N2O6/c1-18(22-8-9-23-24(15-22)32-17-31-23)27-33-16-25(29)34-19(2)26(30)28-12-10-21(11-13-28)14-20-6-4-3-5-7-20/h3-9,15,19,21H,10-14,16-17H2,1-2H3. The number of rotatable bonds is 8. The van der Waals surface area contributed by atoms with Gasteiger partial charge < -0.3 is 23.9 Å². The molecule has 1 unspecified atom stereocenters. The molecular formula is C26H30N2O6. The summed E-state index contributed by atoms with van der Waals surface area (Å²) < 4.78 is 15.9. The number of amides is 1. The van der Waals surface area contributed by atoms with E-state index < -0.39 is 12.1 Å². The number of piperidine rings is 1. The van der Waals surface area contributed by atoms with Crippen LogP contribution in [-0.4, -0.2) is 55.1 Å². The summed E-state index contributed by atoms with van der Waals surface area (Å²) in [5.74, 6) is 1.07. The number of oxime groups is 1. The van der Waals surface area contributed by atoms with Gasteiger partial charge >= 0.3 is 5.97 Å². The van der Waals surface area contributed by atoms with E-state index in [0.29, 0.717) is 36.2 Å². The molecular weight excluding hydrogens is 436 g/mol. The lowest BCUT2D eigenvalue weighted by atomic mass is 9.90. The molecule has 0 saturated carbocycles. The number of fused-ring (bicyclic) bond motifs is 1. The molecule has 180 valence electrons. The molecule has 8 heteroatoms. The predicted octanol–water partition coefficient (Wildman–Crippen LogP) is 3.57. The van der Waals surface area contributed by atoms with Gasteiger partial charge in [-0.25, -0.2) is 4.79 Å². The van der Waals surface area contributed by atoms with Crippen LogP contribution >= 0.6 is 0 Å². The zero-order chi connectivity index (χ0) is 23.9. The second kappa shape index (κ2) is 11.0. The van der Waals surface area contributed by atoms with Crippen molar-refractivity contribution in [2.75, 3.05) is 26.5 Å². The molecule has 0 bridgehead atoms. The first-order valence-corrected chi connectivity index (χ1v) is 11.6. The summed E-state index contributed by atoms with van der Waals surface area (Å²) in [7, 11) is 0. The fraction of sp³-hybridized carbons (Fsp3) is 0.423. The van der Waals surface area contributed by atoms with Crippen LogP contribution in [0.25, 0.3) is 0 Å². The summed E-state index contributed by atoms with van der Waals surface area (Å²) in [4.78, 5) is 31.8. The number of benzene rings is 2. The fourth-order valence-electron chi connectivity index (χ4n) is 4.20. The largest absolute Gasteiger partial charge is 0.454 e. The molecule has 1 saturated heterocycles. The average molecular weight is 467 g/mol. The van der Waals surface area contributed by atoms with Crippen LogP contribution in [0.2, 0.25) is 0 Å². The third-order valence-corrected chi connectivity index (χ3v) is 6.12. The lowest BCUT2D eigenvalue weighted by Crippen LogP contribution is -2.44. The van der Waals surface area contributed by atoms with Crippen molar-refractivity contribution in [2.24, 2.45) is 11.1 Å². The van der Waals surface area contributed by atoms with Gasteiger partial charge in [-0.15, -0.1) is 0 Å². The Morgan fingerprint density at radius 1 is 1.09 bits per heavy atom. The van der Waals surface area contributed by atoms with Gasteiger partial charge in [-0.1, -0.05) is 35.5 Å². The minimum absolute atomic E-state index is 0.174. The minimum Gasteiger partial charge on any atom is -0.454 e.